The van der Waals surface area contributed by atoms with Crippen LogP contribution in [0.2, 0.25) is 0 Å². The number of benzene rings is 2. The minimum Gasteiger partial charge on any atom is -0.497 e. The molecule has 4 nitrogen and oxygen atoms in total. The number of nitrogens with zero attached hydrogens (tertiary/aromatic N) is 2. The largest absolute Gasteiger partial charge is 0.497 e. The van der Waals surface area contributed by atoms with E-state index in [0.717, 1.165) is 56.8 Å². The Balaban J connectivity index is 1.43. The topological polar surface area (TPSA) is 32.8 Å². The Hall–Kier alpha value is -2.33. The maximum Gasteiger partial charge on any atom is 0.230 e. The van der Waals surface area contributed by atoms with Crippen molar-refractivity contribution < 1.29 is 9.53 Å². The van der Waals surface area contributed by atoms with Crippen LogP contribution in [0.15, 0.2) is 48.5 Å². The van der Waals surface area contributed by atoms with Gasteiger partial charge in [-0.3, -0.25) is 9.69 Å². The number of aryl methyl sites for hydroxylation is 1. The van der Waals surface area contributed by atoms with Gasteiger partial charge in [-0.05, 0) is 56.0 Å². The average Bonchev–Trinajstić information content (AvgIpc) is 3.09. The molecule has 0 N–H and O–H groups in total. The quantitative estimate of drug-likeness (QED) is 0.788. The van der Waals surface area contributed by atoms with E-state index in [1.54, 1.807) is 7.11 Å². The molecule has 0 bridgehead atoms. The minimum atomic E-state index is -0.194. The molecule has 0 unspecified atom stereocenters. The Morgan fingerprint density at radius 2 is 1.79 bits per heavy atom. The molecular formula is C24H30N2O2. The third kappa shape index (κ3) is 3.93. The van der Waals surface area contributed by atoms with E-state index >= 15 is 0 Å². The fraction of sp³-hybridized carbons (Fsp3) is 0.458. The molecule has 2 aromatic carbocycles. The fourth-order valence-corrected chi connectivity index (χ4v) is 4.83. The zero-order valence-electron chi connectivity index (χ0n) is 17.0. The van der Waals surface area contributed by atoms with Gasteiger partial charge < -0.3 is 9.64 Å². The molecule has 2 aromatic rings. The van der Waals surface area contributed by atoms with Crippen molar-refractivity contribution in [3.63, 3.8) is 0 Å². The lowest BCUT2D eigenvalue weighted by atomic mass is 9.78. The summed E-state index contributed by atoms with van der Waals surface area (Å²) in [5.41, 5.74) is 3.58. The molecule has 0 aromatic heterocycles. The lowest BCUT2D eigenvalue weighted by molar-refractivity contribution is -0.146. The van der Waals surface area contributed by atoms with Gasteiger partial charge in [0.25, 0.3) is 0 Å². The second-order valence-corrected chi connectivity index (χ2v) is 8.41. The molecule has 0 radical (unpaired) electrons. The third-order valence-electron chi connectivity index (χ3n) is 6.25. The van der Waals surface area contributed by atoms with E-state index in [9.17, 15) is 4.79 Å². The van der Waals surface area contributed by atoms with Gasteiger partial charge in [-0.15, -0.1) is 0 Å². The molecule has 28 heavy (non-hydrogen) atoms. The van der Waals surface area contributed by atoms with Crippen LogP contribution >= 0.6 is 0 Å². The lowest BCUT2D eigenvalue weighted by Gasteiger charge is -2.39. The van der Waals surface area contributed by atoms with Gasteiger partial charge in [0, 0.05) is 26.2 Å². The summed E-state index contributed by atoms with van der Waals surface area (Å²) in [4.78, 5) is 18.0. The van der Waals surface area contributed by atoms with Gasteiger partial charge in [0.15, 0.2) is 0 Å². The standard InChI is InChI=1S/C24H30N2O2/c1-19-6-3-7-20(14-19)16-25-13-11-24(18-25)10-5-12-26(23(24)27)17-21-8-4-9-22(15-21)28-2/h3-4,6-9,14-15H,5,10-13,16-18H2,1-2H3/t24-/m0/s1. The molecule has 1 atom stereocenters. The summed E-state index contributed by atoms with van der Waals surface area (Å²) >= 11 is 0. The van der Waals surface area contributed by atoms with Gasteiger partial charge in [0.2, 0.25) is 5.91 Å². The van der Waals surface area contributed by atoms with Crippen molar-refractivity contribution in [2.45, 2.75) is 39.3 Å². The molecule has 2 heterocycles. The van der Waals surface area contributed by atoms with Crippen LogP contribution in [0.25, 0.3) is 0 Å². The maximum atomic E-state index is 13.4. The molecule has 0 saturated carbocycles. The first-order valence-electron chi connectivity index (χ1n) is 10.3. The number of amides is 1. The molecule has 4 heteroatoms. The number of methoxy groups -OCH3 is 1. The normalized spacial score (nSPS) is 22.8. The predicted molar refractivity (Wildman–Crippen MR) is 111 cm³/mol. The average molecular weight is 379 g/mol. The number of rotatable bonds is 5. The van der Waals surface area contributed by atoms with Crippen LogP contribution in [0.3, 0.4) is 0 Å². The Labute approximate surface area is 168 Å². The Kier molecular flexibility index (Phi) is 5.40. The lowest BCUT2D eigenvalue weighted by Crippen LogP contribution is -2.49. The van der Waals surface area contributed by atoms with Crippen molar-refractivity contribution in [2.24, 2.45) is 5.41 Å². The molecule has 2 saturated heterocycles. The van der Waals surface area contributed by atoms with Gasteiger partial charge in [-0.2, -0.15) is 0 Å². The molecule has 0 aliphatic carbocycles. The Morgan fingerprint density at radius 1 is 1.00 bits per heavy atom. The SMILES string of the molecule is COc1cccc(CN2CCC[C@@]3(CCN(Cc4cccc(C)c4)C3)C2=O)c1. The number of piperidine rings is 1. The highest BCUT2D eigenvalue weighted by atomic mass is 16.5. The molecule has 148 valence electrons. The summed E-state index contributed by atoms with van der Waals surface area (Å²) in [6.45, 7) is 6.50. The van der Waals surface area contributed by atoms with Crippen LogP contribution in [-0.4, -0.2) is 42.5 Å². The van der Waals surface area contributed by atoms with Gasteiger partial charge in [-0.1, -0.05) is 42.0 Å². The highest BCUT2D eigenvalue weighted by Gasteiger charge is 2.48. The van der Waals surface area contributed by atoms with Crippen molar-refractivity contribution >= 4 is 5.91 Å². The summed E-state index contributed by atoms with van der Waals surface area (Å²) in [6.07, 6.45) is 3.09. The molecule has 1 spiro atoms. The highest BCUT2D eigenvalue weighted by Crippen LogP contribution is 2.41. The van der Waals surface area contributed by atoms with E-state index in [4.69, 9.17) is 4.74 Å². The van der Waals surface area contributed by atoms with Crippen molar-refractivity contribution in [3.05, 3.63) is 65.2 Å². The molecule has 4 rings (SSSR count). The fourth-order valence-electron chi connectivity index (χ4n) is 4.83. The molecule has 2 fully saturated rings. The second kappa shape index (κ2) is 7.96. The van der Waals surface area contributed by atoms with Gasteiger partial charge in [-0.25, -0.2) is 0 Å². The first kappa shape index (κ1) is 19.0. The van der Waals surface area contributed by atoms with E-state index < -0.39 is 0 Å². The van der Waals surface area contributed by atoms with Crippen LogP contribution in [-0.2, 0) is 17.9 Å². The minimum absolute atomic E-state index is 0.194. The van der Waals surface area contributed by atoms with Gasteiger partial charge >= 0.3 is 0 Å². The van der Waals surface area contributed by atoms with Gasteiger partial charge in [0.05, 0.1) is 12.5 Å². The first-order valence-corrected chi connectivity index (χ1v) is 10.3. The smallest absolute Gasteiger partial charge is 0.230 e. The zero-order chi connectivity index (χ0) is 19.6. The van der Waals surface area contributed by atoms with E-state index in [0.29, 0.717) is 12.5 Å². The summed E-state index contributed by atoms with van der Waals surface area (Å²) in [6, 6.07) is 16.8. The highest BCUT2D eigenvalue weighted by molar-refractivity contribution is 5.84. The molecule has 2 aliphatic rings. The van der Waals surface area contributed by atoms with E-state index in [1.165, 1.54) is 11.1 Å². The van der Waals surface area contributed by atoms with Crippen LogP contribution in [0.1, 0.15) is 36.0 Å². The third-order valence-corrected chi connectivity index (χ3v) is 6.25. The van der Waals surface area contributed by atoms with Crippen molar-refractivity contribution in [2.75, 3.05) is 26.7 Å². The van der Waals surface area contributed by atoms with E-state index in [-0.39, 0.29) is 5.41 Å². The maximum absolute atomic E-state index is 13.4. The number of carbonyl (C=O) groups excluding carboxylic acids is 1. The summed E-state index contributed by atoms with van der Waals surface area (Å²) in [7, 11) is 1.68. The number of likely N-dealkylation sites (tertiary alicyclic amines) is 2. The monoisotopic (exact) mass is 378 g/mol. The molecular weight excluding hydrogens is 348 g/mol. The van der Waals surface area contributed by atoms with Crippen LogP contribution in [0.5, 0.6) is 5.75 Å². The predicted octanol–water partition coefficient (Wildman–Crippen LogP) is 4.02. The number of hydrogen-bond acceptors (Lipinski definition) is 3. The van der Waals surface area contributed by atoms with Crippen LogP contribution in [0.4, 0.5) is 0 Å². The second-order valence-electron chi connectivity index (χ2n) is 8.41. The van der Waals surface area contributed by atoms with Crippen molar-refractivity contribution in [3.8, 4) is 5.75 Å². The summed E-state index contributed by atoms with van der Waals surface area (Å²) in [5, 5.41) is 0. The zero-order valence-corrected chi connectivity index (χ0v) is 17.0. The first-order chi connectivity index (χ1) is 13.6. The Morgan fingerprint density at radius 3 is 2.57 bits per heavy atom. The van der Waals surface area contributed by atoms with Crippen molar-refractivity contribution in [1.29, 1.82) is 0 Å². The number of ether oxygens (including phenoxy) is 1. The summed E-state index contributed by atoms with van der Waals surface area (Å²) in [5.74, 6) is 1.19. The van der Waals surface area contributed by atoms with Crippen LogP contribution < -0.4 is 4.74 Å². The van der Waals surface area contributed by atoms with E-state index in [2.05, 4.69) is 47.1 Å². The van der Waals surface area contributed by atoms with Gasteiger partial charge in [0.1, 0.15) is 5.75 Å². The Bertz CT molecular complexity index is 850. The molecule has 1 amide bonds. The van der Waals surface area contributed by atoms with Crippen LogP contribution in [0, 0.1) is 12.3 Å². The van der Waals surface area contributed by atoms with Crippen molar-refractivity contribution in [1.82, 2.24) is 9.80 Å². The molecule has 2 aliphatic heterocycles. The van der Waals surface area contributed by atoms with E-state index in [1.807, 2.05) is 18.2 Å². The number of hydrogen-bond donors (Lipinski definition) is 0. The summed E-state index contributed by atoms with van der Waals surface area (Å²) < 4.78 is 5.33. The number of carbonyl (C=O) groups is 1.